The molecule has 8 heteroatoms. The van der Waals surface area contributed by atoms with E-state index < -0.39 is 6.72 Å². The number of benzene rings is 1. The van der Waals surface area contributed by atoms with Crippen LogP contribution in [-0.4, -0.2) is 30.3 Å². The van der Waals surface area contributed by atoms with Crippen molar-refractivity contribution in [2.75, 3.05) is 20.5 Å². The first-order valence-electron chi connectivity index (χ1n) is 4.88. The molecule has 0 amide bonds. The third-order valence-corrected chi connectivity index (χ3v) is 3.62. The van der Waals surface area contributed by atoms with Crippen LogP contribution in [0, 0.1) is 6.92 Å². The van der Waals surface area contributed by atoms with Crippen molar-refractivity contribution in [1.29, 1.82) is 0 Å². The summed E-state index contributed by atoms with van der Waals surface area (Å²) in [6.07, 6.45) is 1.82. The molecule has 0 aliphatic rings. The van der Waals surface area contributed by atoms with Gasteiger partial charge in [-0.3, -0.25) is 0 Å². The van der Waals surface area contributed by atoms with Crippen molar-refractivity contribution in [3.8, 4) is 17.2 Å². The molecule has 102 valence electrons. The van der Waals surface area contributed by atoms with E-state index in [1.54, 1.807) is 13.0 Å². The van der Waals surface area contributed by atoms with Crippen LogP contribution < -0.4 is 14.0 Å². The first kappa shape index (κ1) is 15.6. The number of aryl methyl sites for hydroxylation is 1. The topological polar surface area (TPSA) is 68.2 Å². The largest absolute Gasteiger partial charge is 0.495 e. The summed E-state index contributed by atoms with van der Waals surface area (Å²) < 4.78 is 15.5. The van der Waals surface area contributed by atoms with Gasteiger partial charge in [0.2, 0.25) is 0 Å². The summed E-state index contributed by atoms with van der Waals surface area (Å²) in [5.41, 5.74) is 0.755. The fraction of sp³-hybridized carbons (Fsp3) is 0.400. The smallest absolute Gasteiger partial charge is 0.375 e. The second kappa shape index (κ2) is 6.12. The molecule has 0 radical (unpaired) electrons. The number of thioether (sulfide) groups is 1. The second-order valence-electron chi connectivity index (χ2n) is 3.37. The van der Waals surface area contributed by atoms with E-state index in [0.717, 1.165) is 5.56 Å². The second-order valence-corrected chi connectivity index (χ2v) is 6.78. The van der Waals surface area contributed by atoms with Crippen molar-refractivity contribution in [2.45, 2.75) is 11.8 Å². The highest BCUT2D eigenvalue weighted by Crippen LogP contribution is 2.51. The number of hydrogen-bond acceptors (Lipinski definition) is 5. The molecule has 2 N–H and O–H groups in total. The van der Waals surface area contributed by atoms with Crippen molar-refractivity contribution in [3.63, 3.8) is 0 Å². The van der Waals surface area contributed by atoms with Gasteiger partial charge in [0, 0.05) is 11.8 Å². The lowest BCUT2D eigenvalue weighted by atomic mass is 10.2. The van der Waals surface area contributed by atoms with E-state index in [4.69, 9.17) is 14.0 Å². The predicted octanol–water partition coefficient (Wildman–Crippen LogP) is 2.32. The maximum atomic E-state index is 9.32. The summed E-state index contributed by atoms with van der Waals surface area (Å²) in [6, 6.07) is 1.79. The van der Waals surface area contributed by atoms with Gasteiger partial charge in [0.1, 0.15) is 5.75 Å². The van der Waals surface area contributed by atoms with Gasteiger partial charge in [0.15, 0.2) is 11.5 Å². The Morgan fingerprint density at radius 3 is 2.22 bits per heavy atom. The Morgan fingerprint density at radius 2 is 1.83 bits per heavy atom. The van der Waals surface area contributed by atoms with Gasteiger partial charge < -0.3 is 23.8 Å². The fourth-order valence-corrected chi connectivity index (χ4v) is 2.88. The number of hydrogen-bond donors (Lipinski definition) is 2. The van der Waals surface area contributed by atoms with Gasteiger partial charge in [0.05, 0.1) is 19.1 Å². The van der Waals surface area contributed by atoms with Crippen LogP contribution in [0.4, 0.5) is 0 Å². The quantitative estimate of drug-likeness (QED) is 0.639. The molecular formula is C10H15O5PS2. The molecule has 0 aliphatic carbocycles. The van der Waals surface area contributed by atoms with Gasteiger partial charge in [-0.05, 0) is 24.8 Å². The zero-order valence-corrected chi connectivity index (χ0v) is 13.0. The average Bonchev–Trinajstić information content (AvgIpc) is 2.26. The van der Waals surface area contributed by atoms with Gasteiger partial charge >= 0.3 is 6.72 Å². The van der Waals surface area contributed by atoms with E-state index in [1.165, 1.54) is 26.0 Å². The molecule has 0 atom stereocenters. The maximum Gasteiger partial charge on any atom is 0.375 e. The number of rotatable bonds is 5. The molecule has 0 bridgehead atoms. The lowest BCUT2D eigenvalue weighted by Crippen LogP contribution is -1.99. The molecule has 0 heterocycles. The Hall–Kier alpha value is -0.460. The highest BCUT2D eigenvalue weighted by Gasteiger charge is 2.23. The summed E-state index contributed by atoms with van der Waals surface area (Å²) >= 11 is 5.84. The zero-order valence-electron chi connectivity index (χ0n) is 10.5. The monoisotopic (exact) mass is 310 g/mol. The molecule has 0 spiro atoms. The number of ether oxygens (including phenoxy) is 2. The summed E-state index contributed by atoms with van der Waals surface area (Å²) in [5.74, 6) is 1.19. The van der Waals surface area contributed by atoms with E-state index in [2.05, 4.69) is 11.8 Å². The van der Waals surface area contributed by atoms with Gasteiger partial charge in [-0.1, -0.05) is 0 Å². The molecular weight excluding hydrogens is 295 g/mol. The third kappa shape index (κ3) is 3.52. The summed E-state index contributed by atoms with van der Waals surface area (Å²) in [7, 11) is 3.00. The zero-order chi connectivity index (χ0) is 13.9. The Bertz CT molecular complexity index is 486. The van der Waals surface area contributed by atoms with E-state index in [1.807, 2.05) is 6.26 Å². The molecule has 1 aromatic rings. The molecule has 18 heavy (non-hydrogen) atoms. The minimum atomic E-state index is -3.83. The van der Waals surface area contributed by atoms with E-state index >= 15 is 0 Å². The lowest BCUT2D eigenvalue weighted by molar-refractivity contribution is 0.336. The Labute approximate surface area is 115 Å². The SMILES string of the molecule is COc1cc(C)c(OC)c(OP(O)(O)=S)c1SC. The van der Waals surface area contributed by atoms with Crippen molar-refractivity contribution in [3.05, 3.63) is 11.6 Å². The van der Waals surface area contributed by atoms with Crippen LogP contribution in [-0.2, 0) is 11.8 Å². The van der Waals surface area contributed by atoms with Crippen molar-refractivity contribution < 1.29 is 23.8 Å². The highest BCUT2D eigenvalue weighted by atomic mass is 32.5. The van der Waals surface area contributed by atoms with Crippen LogP contribution in [0.5, 0.6) is 17.2 Å². The van der Waals surface area contributed by atoms with Crippen LogP contribution in [0.25, 0.3) is 0 Å². The summed E-state index contributed by atoms with van der Waals surface area (Å²) in [5, 5.41) is 0. The average molecular weight is 310 g/mol. The van der Waals surface area contributed by atoms with Crippen molar-refractivity contribution in [2.24, 2.45) is 0 Å². The molecule has 0 saturated heterocycles. The van der Waals surface area contributed by atoms with E-state index in [9.17, 15) is 9.79 Å². The first-order valence-corrected chi connectivity index (χ1v) is 8.73. The third-order valence-electron chi connectivity index (χ3n) is 2.18. The molecule has 0 unspecified atom stereocenters. The highest BCUT2D eigenvalue weighted by molar-refractivity contribution is 8.06. The van der Waals surface area contributed by atoms with Gasteiger partial charge in [-0.15, -0.1) is 11.8 Å². The fourth-order valence-electron chi connectivity index (χ4n) is 1.52. The molecule has 0 aliphatic heterocycles. The number of methoxy groups -OCH3 is 2. The molecule has 0 saturated carbocycles. The Balaban J connectivity index is 3.50. The van der Waals surface area contributed by atoms with Crippen LogP contribution in [0.15, 0.2) is 11.0 Å². The van der Waals surface area contributed by atoms with Crippen LogP contribution >= 0.6 is 18.5 Å². The lowest BCUT2D eigenvalue weighted by Gasteiger charge is -2.19. The molecule has 0 aromatic heterocycles. The molecule has 1 rings (SSSR count). The maximum absolute atomic E-state index is 9.32. The normalized spacial score (nSPS) is 11.2. The minimum absolute atomic E-state index is 0.204. The molecule has 0 fully saturated rings. The van der Waals surface area contributed by atoms with E-state index in [-0.39, 0.29) is 5.75 Å². The van der Waals surface area contributed by atoms with Crippen LogP contribution in [0.2, 0.25) is 0 Å². The first-order chi connectivity index (χ1) is 8.34. The van der Waals surface area contributed by atoms with E-state index in [0.29, 0.717) is 16.4 Å². The summed E-state index contributed by atoms with van der Waals surface area (Å²) in [6.45, 7) is -2.03. The predicted molar refractivity (Wildman–Crippen MR) is 75.4 cm³/mol. The van der Waals surface area contributed by atoms with Crippen LogP contribution in [0.1, 0.15) is 5.56 Å². The summed E-state index contributed by atoms with van der Waals surface area (Å²) in [4.78, 5) is 19.2. The minimum Gasteiger partial charge on any atom is -0.495 e. The van der Waals surface area contributed by atoms with Gasteiger partial charge in [-0.25, -0.2) is 0 Å². The Kier molecular flexibility index (Phi) is 5.31. The Morgan fingerprint density at radius 1 is 1.22 bits per heavy atom. The molecule has 5 nitrogen and oxygen atoms in total. The van der Waals surface area contributed by atoms with Gasteiger partial charge in [0.25, 0.3) is 0 Å². The standard InChI is InChI=1S/C10H15O5PS2/c1-6-5-7(13-2)10(18-4)9(8(6)14-3)15-16(11,12)17/h5H,1-4H3,(H2,11,12,17). The van der Waals surface area contributed by atoms with Gasteiger partial charge in [-0.2, -0.15) is 0 Å². The molecule has 1 aromatic carbocycles. The van der Waals surface area contributed by atoms with Crippen molar-refractivity contribution >= 4 is 30.3 Å². The van der Waals surface area contributed by atoms with Crippen molar-refractivity contribution in [1.82, 2.24) is 0 Å². The van der Waals surface area contributed by atoms with Crippen LogP contribution in [0.3, 0.4) is 0 Å².